The molecule has 0 atom stereocenters. The van der Waals surface area contributed by atoms with Crippen LogP contribution in [0.2, 0.25) is 0 Å². The molecule has 4 nitrogen and oxygen atoms in total. The van der Waals surface area contributed by atoms with Gasteiger partial charge in [-0.1, -0.05) is 13.8 Å². The highest BCUT2D eigenvalue weighted by Gasteiger charge is 2.16. The molecule has 0 unspecified atom stereocenters. The van der Waals surface area contributed by atoms with Gasteiger partial charge in [0.15, 0.2) is 11.6 Å². The Labute approximate surface area is 128 Å². The molecule has 2 N–H and O–H groups in total. The van der Waals surface area contributed by atoms with Gasteiger partial charge in [0.1, 0.15) is 5.82 Å². The molecule has 2 heterocycles. The number of halogens is 2. The van der Waals surface area contributed by atoms with Crippen LogP contribution >= 0.6 is 38.5 Å². The quantitative estimate of drug-likeness (QED) is 0.763. The molecule has 2 aromatic heterocycles. The van der Waals surface area contributed by atoms with E-state index in [0.717, 1.165) is 20.2 Å². The van der Waals surface area contributed by atoms with Gasteiger partial charge in [0.25, 0.3) is 0 Å². The molecular weight excluding hydrogens is 409 g/mol. The molecule has 0 radical (unpaired) electrons. The topological polar surface area (TPSA) is 64.9 Å². The number of hydrogen-bond acceptors (Lipinski definition) is 4. The van der Waals surface area contributed by atoms with Crippen molar-refractivity contribution in [1.82, 2.24) is 9.97 Å². The number of nitrogens with two attached hydrogens (primary N) is 1. The van der Waals surface area contributed by atoms with Crippen LogP contribution in [0.15, 0.2) is 21.2 Å². The predicted octanol–water partition coefficient (Wildman–Crippen LogP) is 3.88. The van der Waals surface area contributed by atoms with Crippen molar-refractivity contribution < 1.29 is 4.42 Å². The van der Waals surface area contributed by atoms with Gasteiger partial charge >= 0.3 is 0 Å². The first-order valence-electron chi connectivity index (χ1n) is 5.54. The summed E-state index contributed by atoms with van der Waals surface area (Å²) in [5.41, 5.74) is 6.91. The van der Waals surface area contributed by atoms with Gasteiger partial charge in [-0.25, -0.2) is 9.97 Å². The second-order valence-electron chi connectivity index (χ2n) is 4.39. The van der Waals surface area contributed by atoms with Crippen LogP contribution < -0.4 is 5.73 Å². The largest absolute Gasteiger partial charge is 0.460 e. The van der Waals surface area contributed by atoms with Crippen LogP contribution in [0.1, 0.15) is 19.5 Å². The summed E-state index contributed by atoms with van der Waals surface area (Å²) in [6.45, 7) is 4.30. The van der Waals surface area contributed by atoms with Crippen molar-refractivity contribution in [1.29, 1.82) is 0 Å². The minimum Gasteiger partial charge on any atom is -0.460 e. The van der Waals surface area contributed by atoms with Gasteiger partial charge in [-0.15, -0.1) is 0 Å². The predicted molar refractivity (Wildman–Crippen MR) is 83.1 cm³/mol. The van der Waals surface area contributed by atoms with E-state index in [9.17, 15) is 0 Å². The van der Waals surface area contributed by atoms with Crippen molar-refractivity contribution in [2.75, 3.05) is 5.73 Å². The van der Waals surface area contributed by atoms with E-state index in [1.165, 1.54) is 0 Å². The van der Waals surface area contributed by atoms with Crippen LogP contribution in [-0.2, 0) is 6.42 Å². The van der Waals surface area contributed by atoms with Crippen molar-refractivity contribution in [2.24, 2.45) is 5.92 Å². The maximum atomic E-state index is 5.94. The first-order chi connectivity index (χ1) is 8.49. The van der Waals surface area contributed by atoms with E-state index >= 15 is 0 Å². The number of nitrogen functional groups attached to an aromatic ring is 1. The Morgan fingerprint density at radius 1 is 1.44 bits per heavy atom. The highest BCUT2D eigenvalue weighted by atomic mass is 127. The van der Waals surface area contributed by atoms with Crippen LogP contribution in [0, 0.1) is 9.49 Å². The second-order valence-corrected chi connectivity index (χ2v) is 6.32. The molecule has 0 aliphatic carbocycles. The summed E-state index contributed by atoms with van der Waals surface area (Å²) in [6, 6.07) is 1.81. The van der Waals surface area contributed by atoms with Gasteiger partial charge in [-0.2, -0.15) is 0 Å². The molecule has 0 aliphatic heterocycles. The number of rotatable bonds is 3. The Bertz CT molecular complexity index is 568. The van der Waals surface area contributed by atoms with E-state index in [1.807, 2.05) is 6.07 Å². The molecule has 0 spiro atoms. The summed E-state index contributed by atoms with van der Waals surface area (Å²) >= 11 is 5.59. The number of nitrogens with zero attached hydrogens (tertiary/aromatic N) is 2. The SMILES string of the molecule is CC(C)Cc1nc(-c2occc2Br)nc(N)c1I. The third-order valence-electron chi connectivity index (χ3n) is 2.37. The van der Waals surface area contributed by atoms with Crippen LogP contribution in [0.3, 0.4) is 0 Å². The average Bonchev–Trinajstić information content (AvgIpc) is 2.70. The van der Waals surface area contributed by atoms with Crippen molar-refractivity contribution in [3.8, 4) is 11.6 Å². The fraction of sp³-hybridized carbons (Fsp3) is 0.333. The molecule has 2 rings (SSSR count). The molecule has 0 amide bonds. The lowest BCUT2D eigenvalue weighted by Crippen LogP contribution is -2.07. The molecule has 2 aromatic rings. The summed E-state index contributed by atoms with van der Waals surface area (Å²) in [5, 5.41) is 0. The summed E-state index contributed by atoms with van der Waals surface area (Å²) in [5.74, 6) is 2.16. The molecule has 96 valence electrons. The van der Waals surface area contributed by atoms with E-state index in [4.69, 9.17) is 10.2 Å². The fourth-order valence-electron chi connectivity index (χ4n) is 1.59. The van der Waals surface area contributed by atoms with E-state index in [0.29, 0.717) is 23.3 Å². The fourth-order valence-corrected chi connectivity index (χ4v) is 2.43. The maximum Gasteiger partial charge on any atom is 0.199 e. The summed E-state index contributed by atoms with van der Waals surface area (Å²) in [7, 11) is 0. The van der Waals surface area contributed by atoms with Gasteiger partial charge in [0, 0.05) is 0 Å². The van der Waals surface area contributed by atoms with Gasteiger partial charge in [0.05, 0.1) is 20.0 Å². The van der Waals surface area contributed by atoms with Crippen molar-refractivity contribution in [3.05, 3.63) is 26.1 Å². The first-order valence-corrected chi connectivity index (χ1v) is 7.41. The Morgan fingerprint density at radius 3 is 2.72 bits per heavy atom. The zero-order chi connectivity index (χ0) is 13.3. The molecule has 0 bridgehead atoms. The van der Waals surface area contributed by atoms with E-state index in [-0.39, 0.29) is 0 Å². The van der Waals surface area contributed by atoms with Gasteiger partial charge < -0.3 is 10.2 Å². The Morgan fingerprint density at radius 2 is 2.17 bits per heavy atom. The van der Waals surface area contributed by atoms with Crippen LogP contribution in [-0.4, -0.2) is 9.97 Å². The Hall–Kier alpha value is -0.630. The van der Waals surface area contributed by atoms with Crippen LogP contribution in [0.4, 0.5) is 5.82 Å². The lowest BCUT2D eigenvalue weighted by atomic mass is 10.1. The average molecular weight is 422 g/mol. The minimum absolute atomic E-state index is 0.500. The summed E-state index contributed by atoms with van der Waals surface area (Å²) < 4.78 is 7.13. The molecule has 0 fully saturated rings. The monoisotopic (exact) mass is 421 g/mol. The zero-order valence-electron chi connectivity index (χ0n) is 10.1. The van der Waals surface area contributed by atoms with Gasteiger partial charge in [0.2, 0.25) is 0 Å². The maximum absolute atomic E-state index is 5.94. The third-order valence-corrected chi connectivity index (χ3v) is 4.17. The normalized spacial score (nSPS) is 11.2. The van der Waals surface area contributed by atoms with E-state index in [2.05, 4.69) is 62.3 Å². The number of hydrogen-bond donors (Lipinski definition) is 1. The summed E-state index contributed by atoms with van der Waals surface area (Å²) in [4.78, 5) is 8.83. The zero-order valence-corrected chi connectivity index (χ0v) is 13.8. The number of anilines is 1. The van der Waals surface area contributed by atoms with Crippen LogP contribution in [0.25, 0.3) is 11.6 Å². The Balaban J connectivity index is 2.51. The van der Waals surface area contributed by atoms with Crippen molar-refractivity contribution in [3.63, 3.8) is 0 Å². The molecule has 0 saturated heterocycles. The molecule has 6 heteroatoms. The van der Waals surface area contributed by atoms with Crippen molar-refractivity contribution >= 4 is 44.3 Å². The molecule has 0 aromatic carbocycles. The highest BCUT2D eigenvalue weighted by Crippen LogP contribution is 2.29. The second kappa shape index (κ2) is 5.56. The number of furan rings is 1. The first kappa shape index (κ1) is 13.8. The number of aromatic nitrogens is 2. The minimum atomic E-state index is 0.500. The lowest BCUT2D eigenvalue weighted by Gasteiger charge is -2.10. The molecular formula is C12H13BrIN3O. The third kappa shape index (κ3) is 2.85. The standard InChI is InChI=1S/C12H13BrIN3O/c1-6(2)5-8-9(14)11(15)17-12(16-8)10-7(13)3-4-18-10/h3-4,6H,5H2,1-2H3,(H2,15,16,17). The molecule has 18 heavy (non-hydrogen) atoms. The Kier molecular flexibility index (Phi) is 4.26. The van der Waals surface area contributed by atoms with E-state index < -0.39 is 0 Å². The van der Waals surface area contributed by atoms with Gasteiger partial charge in [-0.3, -0.25) is 0 Å². The van der Waals surface area contributed by atoms with E-state index in [1.54, 1.807) is 6.26 Å². The summed E-state index contributed by atoms with van der Waals surface area (Å²) in [6.07, 6.45) is 2.47. The smallest absolute Gasteiger partial charge is 0.199 e. The lowest BCUT2D eigenvalue weighted by molar-refractivity contribution is 0.573. The van der Waals surface area contributed by atoms with Crippen LogP contribution in [0.5, 0.6) is 0 Å². The van der Waals surface area contributed by atoms with Gasteiger partial charge in [-0.05, 0) is 56.9 Å². The highest BCUT2D eigenvalue weighted by molar-refractivity contribution is 14.1. The van der Waals surface area contributed by atoms with Crippen molar-refractivity contribution in [2.45, 2.75) is 20.3 Å². The molecule has 0 aliphatic rings. The molecule has 0 saturated carbocycles.